The molecule has 2 unspecified atom stereocenters. The number of carbonyl (C=O) groups is 1. The molecule has 3 rings (SSSR count). The first-order valence-electron chi connectivity index (χ1n) is 5.91. The molecule has 2 aliphatic carbocycles. The number of rotatable bonds is 1. The molecule has 2 aliphatic rings. The van der Waals surface area contributed by atoms with Crippen molar-refractivity contribution in [3.8, 4) is 5.75 Å². The lowest BCUT2D eigenvalue weighted by atomic mass is 9.94. The molecule has 0 saturated carbocycles. The van der Waals surface area contributed by atoms with Gasteiger partial charge in [-0.05, 0) is 30.5 Å². The molecule has 2 atom stereocenters. The van der Waals surface area contributed by atoms with Gasteiger partial charge in [0.25, 0.3) is 0 Å². The highest BCUT2D eigenvalue weighted by atomic mass is 16.6. The van der Waals surface area contributed by atoms with Gasteiger partial charge in [0.05, 0.1) is 0 Å². The summed E-state index contributed by atoms with van der Waals surface area (Å²) in [6, 6.07) is 4.16. The Morgan fingerprint density at radius 1 is 1.35 bits per heavy atom. The second-order valence-corrected chi connectivity index (χ2v) is 4.74. The van der Waals surface area contributed by atoms with Crippen LogP contribution in [0.2, 0.25) is 0 Å². The summed E-state index contributed by atoms with van der Waals surface area (Å²) in [6.45, 7) is 2.03. The van der Waals surface area contributed by atoms with Gasteiger partial charge in [-0.1, -0.05) is 18.2 Å². The first kappa shape index (κ1) is 10.4. The van der Waals surface area contributed by atoms with Crippen LogP contribution in [0.4, 0.5) is 4.79 Å². The molecule has 1 aromatic rings. The summed E-state index contributed by atoms with van der Waals surface area (Å²) < 4.78 is 5.36. The van der Waals surface area contributed by atoms with Crippen molar-refractivity contribution in [2.75, 3.05) is 7.05 Å². The summed E-state index contributed by atoms with van der Waals surface area (Å²) >= 11 is 0. The Kier molecular flexibility index (Phi) is 2.21. The number of carbonyl (C=O) groups excluding carboxylic acids is 1. The van der Waals surface area contributed by atoms with Crippen LogP contribution in [0.15, 0.2) is 24.3 Å². The minimum absolute atomic E-state index is 0.399. The second kappa shape index (κ2) is 3.62. The number of hydrogen-bond donors (Lipinski definition) is 1. The number of fused-ring (bicyclic) bond motifs is 5. The predicted molar refractivity (Wildman–Crippen MR) is 65.5 cm³/mol. The Hall–Kier alpha value is -1.77. The minimum atomic E-state index is -0.399. The third-order valence-corrected chi connectivity index (χ3v) is 3.58. The molecule has 0 saturated heterocycles. The van der Waals surface area contributed by atoms with E-state index >= 15 is 0 Å². The smallest absolute Gasteiger partial charge is 0.410 e. The van der Waals surface area contributed by atoms with Crippen LogP contribution >= 0.6 is 0 Å². The van der Waals surface area contributed by atoms with E-state index in [0.717, 1.165) is 17.7 Å². The number of allylic oxidation sites excluding steroid dienone is 2. The third-order valence-electron chi connectivity index (χ3n) is 3.58. The van der Waals surface area contributed by atoms with Gasteiger partial charge in [0, 0.05) is 24.4 Å². The van der Waals surface area contributed by atoms with E-state index in [4.69, 9.17) is 4.74 Å². The monoisotopic (exact) mass is 229 g/mol. The van der Waals surface area contributed by atoms with Crippen molar-refractivity contribution in [2.24, 2.45) is 0 Å². The van der Waals surface area contributed by atoms with E-state index in [1.807, 2.05) is 13.0 Å². The van der Waals surface area contributed by atoms with Gasteiger partial charge in [-0.25, -0.2) is 4.79 Å². The summed E-state index contributed by atoms with van der Waals surface area (Å²) in [5.41, 5.74) is 3.67. The predicted octanol–water partition coefficient (Wildman–Crippen LogP) is 2.85. The molecule has 0 spiro atoms. The molecule has 1 amide bonds. The van der Waals surface area contributed by atoms with Crippen LogP contribution in [0.25, 0.3) is 0 Å². The molecule has 1 aromatic carbocycles. The lowest BCUT2D eigenvalue weighted by Gasteiger charge is -2.16. The van der Waals surface area contributed by atoms with Crippen molar-refractivity contribution >= 4 is 6.09 Å². The highest BCUT2D eigenvalue weighted by Crippen LogP contribution is 2.52. The zero-order chi connectivity index (χ0) is 12.0. The van der Waals surface area contributed by atoms with Gasteiger partial charge in [-0.2, -0.15) is 0 Å². The number of hydrogen-bond acceptors (Lipinski definition) is 2. The molecule has 0 aromatic heterocycles. The fourth-order valence-electron chi connectivity index (χ4n) is 2.87. The highest BCUT2D eigenvalue weighted by molar-refractivity contribution is 5.71. The van der Waals surface area contributed by atoms with E-state index in [-0.39, 0.29) is 0 Å². The van der Waals surface area contributed by atoms with Crippen LogP contribution in [-0.4, -0.2) is 13.1 Å². The van der Waals surface area contributed by atoms with E-state index in [2.05, 4.69) is 23.5 Å². The summed E-state index contributed by atoms with van der Waals surface area (Å²) in [5, 5.41) is 2.49. The fourth-order valence-corrected chi connectivity index (χ4v) is 2.87. The standard InChI is InChI=1S/C14H15NO2/c1-8-5-11-9-3-4-10(7-9)13(11)12(6-8)17-14(16)15-2/h3-6,9-10H,7H2,1-2H3,(H,15,16). The Bertz CT molecular complexity index is 519. The number of benzene rings is 1. The molecule has 0 heterocycles. The molecule has 1 N–H and O–H groups in total. The first-order chi connectivity index (χ1) is 8.19. The second-order valence-electron chi connectivity index (χ2n) is 4.74. The van der Waals surface area contributed by atoms with Crippen molar-refractivity contribution in [3.63, 3.8) is 0 Å². The van der Waals surface area contributed by atoms with Crippen LogP contribution in [0.3, 0.4) is 0 Å². The topological polar surface area (TPSA) is 38.3 Å². The third kappa shape index (κ3) is 1.54. The summed E-state index contributed by atoms with van der Waals surface area (Å²) in [4.78, 5) is 11.3. The molecule has 0 aliphatic heterocycles. The molecular formula is C14H15NO2. The van der Waals surface area contributed by atoms with E-state index in [1.54, 1.807) is 7.05 Å². The van der Waals surface area contributed by atoms with E-state index in [9.17, 15) is 4.79 Å². The zero-order valence-corrected chi connectivity index (χ0v) is 9.99. The molecule has 17 heavy (non-hydrogen) atoms. The summed E-state index contributed by atoms with van der Waals surface area (Å²) in [5.74, 6) is 1.66. The number of ether oxygens (including phenoxy) is 1. The van der Waals surface area contributed by atoms with Gasteiger partial charge < -0.3 is 10.1 Å². The average molecular weight is 229 g/mol. The fraction of sp³-hybridized carbons (Fsp3) is 0.357. The molecule has 88 valence electrons. The van der Waals surface area contributed by atoms with E-state index in [0.29, 0.717) is 11.8 Å². The number of nitrogens with one attached hydrogen (secondary N) is 1. The average Bonchev–Trinajstić information content (AvgIpc) is 2.89. The minimum Gasteiger partial charge on any atom is -0.410 e. The van der Waals surface area contributed by atoms with Crippen molar-refractivity contribution in [1.82, 2.24) is 5.32 Å². The maximum absolute atomic E-state index is 11.3. The normalized spacial score (nSPS) is 23.6. The summed E-state index contributed by atoms with van der Waals surface area (Å²) in [7, 11) is 1.57. The van der Waals surface area contributed by atoms with E-state index < -0.39 is 6.09 Å². The van der Waals surface area contributed by atoms with Gasteiger partial charge in [0.15, 0.2) is 0 Å². The van der Waals surface area contributed by atoms with Gasteiger partial charge >= 0.3 is 6.09 Å². The maximum Gasteiger partial charge on any atom is 0.412 e. The molecule has 2 bridgehead atoms. The molecule has 3 heteroatoms. The van der Waals surface area contributed by atoms with Crippen LogP contribution in [-0.2, 0) is 0 Å². The van der Waals surface area contributed by atoms with Gasteiger partial charge in [-0.15, -0.1) is 0 Å². The maximum atomic E-state index is 11.3. The van der Waals surface area contributed by atoms with Crippen molar-refractivity contribution in [2.45, 2.75) is 25.2 Å². The Balaban J connectivity index is 2.06. The number of amides is 1. The Morgan fingerprint density at radius 3 is 2.88 bits per heavy atom. The van der Waals surface area contributed by atoms with E-state index in [1.165, 1.54) is 11.1 Å². The summed E-state index contributed by atoms with van der Waals surface area (Å²) in [6.07, 6.45) is 5.21. The molecule has 0 radical (unpaired) electrons. The van der Waals surface area contributed by atoms with Crippen molar-refractivity contribution in [3.05, 3.63) is 41.0 Å². The largest absolute Gasteiger partial charge is 0.412 e. The van der Waals surface area contributed by atoms with Crippen LogP contribution < -0.4 is 10.1 Å². The van der Waals surface area contributed by atoms with Crippen molar-refractivity contribution < 1.29 is 9.53 Å². The van der Waals surface area contributed by atoms with Crippen LogP contribution in [0.5, 0.6) is 5.75 Å². The Morgan fingerprint density at radius 2 is 2.12 bits per heavy atom. The lowest BCUT2D eigenvalue weighted by molar-refractivity contribution is 0.202. The Labute approximate surface area is 100 Å². The van der Waals surface area contributed by atoms with Crippen LogP contribution in [0.1, 0.15) is 34.9 Å². The molecule has 0 fully saturated rings. The molecule has 3 nitrogen and oxygen atoms in total. The van der Waals surface area contributed by atoms with Gasteiger partial charge in [0.1, 0.15) is 5.75 Å². The van der Waals surface area contributed by atoms with Crippen molar-refractivity contribution in [1.29, 1.82) is 0 Å². The molecular weight excluding hydrogens is 214 g/mol. The van der Waals surface area contributed by atoms with Crippen LogP contribution in [0, 0.1) is 6.92 Å². The number of aryl methyl sites for hydroxylation is 1. The highest BCUT2D eigenvalue weighted by Gasteiger charge is 2.35. The van der Waals surface area contributed by atoms with Gasteiger partial charge in [0.2, 0.25) is 0 Å². The van der Waals surface area contributed by atoms with Gasteiger partial charge in [-0.3, -0.25) is 0 Å². The quantitative estimate of drug-likeness (QED) is 0.752. The lowest BCUT2D eigenvalue weighted by Crippen LogP contribution is -2.22. The zero-order valence-electron chi connectivity index (χ0n) is 9.99. The first-order valence-corrected chi connectivity index (χ1v) is 5.91. The SMILES string of the molecule is CNC(=O)Oc1cc(C)cc2c1C1C=CC2C1.